The highest BCUT2D eigenvalue weighted by Gasteiger charge is 2.35. The Morgan fingerprint density at radius 2 is 2.15 bits per heavy atom. The summed E-state index contributed by atoms with van der Waals surface area (Å²) < 4.78 is 2.20. The van der Waals surface area contributed by atoms with Crippen molar-refractivity contribution in [2.75, 3.05) is 32.1 Å². The minimum Gasteiger partial charge on any atom is -0.361 e. The molecule has 3 aromatic heterocycles. The minimum absolute atomic E-state index is 0.0314. The lowest BCUT2D eigenvalue weighted by molar-refractivity contribution is 0.145. The Morgan fingerprint density at radius 3 is 2.92 bits per heavy atom. The number of aromatic nitrogens is 4. The summed E-state index contributed by atoms with van der Waals surface area (Å²) in [6, 6.07) is 4.20. The van der Waals surface area contributed by atoms with Gasteiger partial charge >= 0.3 is 0 Å². The maximum absolute atomic E-state index is 5.06. The zero-order valence-electron chi connectivity index (χ0n) is 15.8. The van der Waals surface area contributed by atoms with Crippen molar-refractivity contribution in [2.45, 2.75) is 31.7 Å². The van der Waals surface area contributed by atoms with Gasteiger partial charge in [0.05, 0.1) is 16.9 Å². The second-order valence-corrected chi connectivity index (χ2v) is 7.72. The van der Waals surface area contributed by atoms with E-state index in [1.807, 2.05) is 6.20 Å². The van der Waals surface area contributed by atoms with Gasteiger partial charge in [0.25, 0.3) is 0 Å². The molecule has 0 aromatic carbocycles. The van der Waals surface area contributed by atoms with Crippen LogP contribution in [0, 0.1) is 0 Å². The summed E-state index contributed by atoms with van der Waals surface area (Å²) in [5, 5.41) is 0. The molecule has 1 aliphatic rings. The van der Waals surface area contributed by atoms with E-state index in [0.29, 0.717) is 0 Å². The van der Waals surface area contributed by atoms with Gasteiger partial charge < -0.3 is 9.30 Å². The molecular formula is C20H26N6. The summed E-state index contributed by atoms with van der Waals surface area (Å²) >= 11 is 0. The third kappa shape index (κ3) is 3.17. The Balaban J connectivity index is 1.64. The highest BCUT2D eigenvalue weighted by atomic mass is 15.2. The first-order valence-corrected chi connectivity index (χ1v) is 9.18. The molecule has 1 fully saturated rings. The topological polar surface area (TPSA) is 49.6 Å². The summed E-state index contributed by atoms with van der Waals surface area (Å²) in [6.07, 6.45) is 12.0. The number of nitrogens with zero attached hydrogens (tertiary/aromatic N) is 6. The normalized spacial score (nSPS) is 21.2. The number of rotatable bonds is 4. The van der Waals surface area contributed by atoms with Gasteiger partial charge in [-0.05, 0) is 31.5 Å². The van der Waals surface area contributed by atoms with Gasteiger partial charge in [0.1, 0.15) is 0 Å². The summed E-state index contributed by atoms with van der Waals surface area (Å²) in [4.78, 5) is 18.3. The zero-order chi connectivity index (χ0) is 18.1. The molecule has 0 saturated carbocycles. The monoisotopic (exact) mass is 350 g/mol. The van der Waals surface area contributed by atoms with E-state index in [4.69, 9.17) is 4.98 Å². The van der Waals surface area contributed by atoms with Gasteiger partial charge in [-0.25, -0.2) is 4.98 Å². The zero-order valence-corrected chi connectivity index (χ0v) is 15.8. The van der Waals surface area contributed by atoms with Gasteiger partial charge in [0.15, 0.2) is 5.82 Å². The average molecular weight is 350 g/mol. The lowest BCUT2D eigenvalue weighted by Crippen LogP contribution is -2.44. The van der Waals surface area contributed by atoms with Crippen LogP contribution in [0.4, 0.5) is 5.82 Å². The summed E-state index contributed by atoms with van der Waals surface area (Å²) in [7, 11) is 4.12. The lowest BCUT2D eigenvalue weighted by Gasteiger charge is -2.40. The van der Waals surface area contributed by atoms with E-state index in [1.165, 1.54) is 6.42 Å². The predicted molar refractivity (Wildman–Crippen MR) is 103 cm³/mol. The highest BCUT2D eigenvalue weighted by molar-refractivity contribution is 5.69. The van der Waals surface area contributed by atoms with Crippen LogP contribution in [-0.2, 0) is 12.0 Å². The van der Waals surface area contributed by atoms with Gasteiger partial charge in [-0.1, -0.05) is 6.92 Å². The van der Waals surface area contributed by atoms with Gasteiger partial charge in [-0.15, -0.1) is 0 Å². The molecule has 0 amide bonds. The molecule has 26 heavy (non-hydrogen) atoms. The molecule has 4 rings (SSSR count). The van der Waals surface area contributed by atoms with Gasteiger partial charge in [0, 0.05) is 63.6 Å². The summed E-state index contributed by atoms with van der Waals surface area (Å²) in [6.45, 7) is 5.26. The molecule has 6 nitrogen and oxygen atoms in total. The first-order valence-electron chi connectivity index (χ1n) is 9.18. The number of fused-ring (bicyclic) bond motifs is 1. The predicted octanol–water partition coefficient (Wildman–Crippen LogP) is 2.74. The highest BCUT2D eigenvalue weighted by Crippen LogP contribution is 2.34. The molecule has 1 saturated heterocycles. The van der Waals surface area contributed by atoms with Gasteiger partial charge in [-0.3, -0.25) is 14.9 Å². The summed E-state index contributed by atoms with van der Waals surface area (Å²) in [5.74, 6) is 1.03. The van der Waals surface area contributed by atoms with Crippen LogP contribution < -0.4 is 4.90 Å². The molecule has 0 N–H and O–H groups in total. The van der Waals surface area contributed by atoms with Crippen molar-refractivity contribution >= 4 is 11.3 Å². The Labute approximate surface area is 154 Å². The molecule has 0 aliphatic carbocycles. The van der Waals surface area contributed by atoms with Crippen molar-refractivity contribution in [2.24, 2.45) is 0 Å². The quantitative estimate of drug-likeness (QED) is 0.724. The van der Waals surface area contributed by atoms with E-state index in [2.05, 4.69) is 69.7 Å². The maximum Gasteiger partial charge on any atom is 0.152 e. The lowest BCUT2D eigenvalue weighted by atomic mass is 9.79. The first kappa shape index (κ1) is 17.0. The fraction of sp³-hybridized carbons (Fsp3) is 0.450. The van der Waals surface area contributed by atoms with Crippen LogP contribution in [0.2, 0.25) is 0 Å². The van der Waals surface area contributed by atoms with Gasteiger partial charge in [0.2, 0.25) is 0 Å². The number of piperidine rings is 1. The van der Waals surface area contributed by atoms with E-state index in [1.54, 1.807) is 12.4 Å². The average Bonchev–Trinajstić information content (AvgIpc) is 3.10. The Hall–Kier alpha value is -2.47. The van der Waals surface area contributed by atoms with Crippen LogP contribution in [0.1, 0.15) is 31.2 Å². The van der Waals surface area contributed by atoms with Crippen LogP contribution in [0.3, 0.4) is 0 Å². The van der Waals surface area contributed by atoms with Crippen molar-refractivity contribution < 1.29 is 0 Å². The minimum atomic E-state index is 0.0314. The van der Waals surface area contributed by atoms with E-state index in [-0.39, 0.29) is 5.41 Å². The van der Waals surface area contributed by atoms with E-state index in [0.717, 1.165) is 48.8 Å². The molecule has 1 aliphatic heterocycles. The Kier molecular flexibility index (Phi) is 4.36. The van der Waals surface area contributed by atoms with E-state index >= 15 is 0 Å². The molecule has 3 aromatic rings. The molecule has 0 radical (unpaired) electrons. The molecule has 0 spiro atoms. The summed E-state index contributed by atoms with van der Waals surface area (Å²) in [5.41, 5.74) is 3.37. The molecule has 136 valence electrons. The molecule has 6 heteroatoms. The van der Waals surface area contributed by atoms with Crippen LogP contribution in [0.15, 0.2) is 43.1 Å². The molecule has 1 atom stereocenters. The van der Waals surface area contributed by atoms with E-state index in [9.17, 15) is 0 Å². The standard InChI is InChI=1S/C20H26N6/c1-20(7-5-10-25(15-20)13-16-12-21-8-9-22-16)18-14-26-11-4-6-17(26)19(23-18)24(2)3/h4,6,8-9,11-12,14H,5,7,10,13,15H2,1-3H3/t20-/m1/s1. The SMILES string of the molecule is CN(C)c1nc([C@]2(C)CCCN(Cc3cnccn3)C2)cn2cccc12. The third-order valence-electron chi connectivity index (χ3n) is 5.32. The fourth-order valence-electron chi connectivity index (χ4n) is 3.98. The van der Waals surface area contributed by atoms with Crippen LogP contribution >= 0.6 is 0 Å². The number of likely N-dealkylation sites (tertiary alicyclic amines) is 1. The van der Waals surface area contributed by atoms with Crippen molar-refractivity contribution in [3.05, 3.63) is 54.5 Å². The van der Waals surface area contributed by atoms with Crippen molar-refractivity contribution in [1.82, 2.24) is 24.3 Å². The second-order valence-electron chi connectivity index (χ2n) is 7.72. The Bertz CT molecular complexity index is 888. The molecular weight excluding hydrogens is 324 g/mol. The third-order valence-corrected chi connectivity index (χ3v) is 5.32. The van der Waals surface area contributed by atoms with Crippen molar-refractivity contribution in [3.63, 3.8) is 0 Å². The first-order chi connectivity index (χ1) is 12.5. The van der Waals surface area contributed by atoms with Crippen LogP contribution in [-0.4, -0.2) is 51.4 Å². The van der Waals surface area contributed by atoms with Gasteiger partial charge in [-0.2, -0.15) is 0 Å². The van der Waals surface area contributed by atoms with Crippen LogP contribution in [0.5, 0.6) is 0 Å². The smallest absolute Gasteiger partial charge is 0.152 e. The fourth-order valence-corrected chi connectivity index (χ4v) is 3.98. The maximum atomic E-state index is 5.06. The Morgan fingerprint density at radius 1 is 1.27 bits per heavy atom. The molecule has 0 bridgehead atoms. The number of hydrogen-bond acceptors (Lipinski definition) is 5. The van der Waals surface area contributed by atoms with Crippen LogP contribution in [0.25, 0.3) is 5.52 Å². The number of hydrogen-bond donors (Lipinski definition) is 0. The van der Waals surface area contributed by atoms with Crippen molar-refractivity contribution in [3.8, 4) is 0 Å². The van der Waals surface area contributed by atoms with Crippen molar-refractivity contribution in [1.29, 1.82) is 0 Å². The second kappa shape index (κ2) is 6.68. The largest absolute Gasteiger partial charge is 0.361 e. The molecule has 4 heterocycles. The molecule has 0 unspecified atom stereocenters. The number of anilines is 1. The van der Waals surface area contributed by atoms with E-state index < -0.39 is 0 Å².